The molecule has 3 heteroatoms. The summed E-state index contributed by atoms with van der Waals surface area (Å²) in [5.41, 5.74) is 1.78. The molecule has 5 fully saturated rings. The van der Waals surface area contributed by atoms with Gasteiger partial charge in [-0.2, -0.15) is 0 Å². The first-order chi connectivity index (χ1) is 15.8. The summed E-state index contributed by atoms with van der Waals surface area (Å²) in [6, 6.07) is 0. The predicted molar refractivity (Wildman–Crippen MR) is 137 cm³/mol. The lowest BCUT2D eigenvalue weighted by atomic mass is 9.32. The van der Waals surface area contributed by atoms with Crippen molar-refractivity contribution in [3.63, 3.8) is 0 Å². The second-order valence-electron chi connectivity index (χ2n) is 14.7. The maximum atomic E-state index is 13.3. The highest BCUT2D eigenvalue weighted by molar-refractivity contribution is 5.78. The van der Waals surface area contributed by atoms with Crippen molar-refractivity contribution in [3.8, 4) is 0 Å². The molecule has 5 rings (SSSR count). The highest BCUT2D eigenvalue weighted by Gasteiger charge is 2.72. The number of methoxy groups -OCH3 is 1. The van der Waals surface area contributed by atoms with Gasteiger partial charge in [-0.05, 0) is 122 Å². The summed E-state index contributed by atoms with van der Waals surface area (Å²) >= 11 is 0. The molecule has 34 heavy (non-hydrogen) atoms. The average Bonchev–Trinajstić information content (AvgIpc) is 3.18. The molecule has 0 amide bonds. The summed E-state index contributed by atoms with van der Waals surface area (Å²) in [6.45, 7) is 19.1. The largest absolute Gasteiger partial charge is 0.469 e. The lowest BCUT2D eigenvalue weighted by Gasteiger charge is -2.72. The van der Waals surface area contributed by atoms with Crippen LogP contribution in [0, 0.1) is 56.7 Å². The van der Waals surface area contributed by atoms with Gasteiger partial charge in [0.15, 0.2) is 0 Å². The van der Waals surface area contributed by atoms with Crippen LogP contribution in [-0.2, 0) is 9.53 Å². The SMILES string of the molecule is C=C(C)[C@H]1CC[C@@]2(C(=O)OC)CC[C@@]3(C)[C@@H](CC[C@@H]4[C@]5(C)CC[C@H](O)C(C)(C)[C@@H]5CC[C@@]43C)[C@H]12. The fourth-order valence-corrected chi connectivity index (χ4v) is 11.7. The Morgan fingerprint density at radius 1 is 0.853 bits per heavy atom. The molecule has 0 spiro atoms. The highest BCUT2D eigenvalue weighted by atomic mass is 16.5. The van der Waals surface area contributed by atoms with E-state index in [0.29, 0.717) is 35.0 Å². The summed E-state index contributed by atoms with van der Waals surface area (Å²) in [7, 11) is 1.59. The standard InChI is InChI=1S/C31H50O3/c1-19(2)20-11-16-31(26(33)34-8)18-17-29(6)21(25(20)31)9-10-23-28(5)14-13-24(32)27(3,4)22(28)12-15-30(23,29)7/h20-25,32H,1,9-18H2,2-8H3/t20-,21+,22+,23-,24+,25+,28-,29+,30+,31-/m1/s1. The van der Waals surface area contributed by atoms with Crippen LogP contribution >= 0.6 is 0 Å². The van der Waals surface area contributed by atoms with Gasteiger partial charge in [-0.3, -0.25) is 4.79 Å². The molecule has 5 aliphatic rings. The van der Waals surface area contributed by atoms with E-state index in [-0.39, 0.29) is 33.7 Å². The molecule has 3 nitrogen and oxygen atoms in total. The van der Waals surface area contributed by atoms with Crippen molar-refractivity contribution in [2.75, 3.05) is 7.11 Å². The van der Waals surface area contributed by atoms with Gasteiger partial charge in [-0.15, -0.1) is 0 Å². The number of aliphatic hydroxyl groups excluding tert-OH is 1. The van der Waals surface area contributed by atoms with Crippen LogP contribution in [0.3, 0.4) is 0 Å². The second kappa shape index (κ2) is 7.59. The number of carbonyl (C=O) groups is 1. The summed E-state index contributed by atoms with van der Waals surface area (Å²) in [5.74, 6) is 2.72. The Morgan fingerprint density at radius 2 is 1.56 bits per heavy atom. The summed E-state index contributed by atoms with van der Waals surface area (Å²) < 4.78 is 5.49. The first kappa shape index (κ1) is 24.8. The van der Waals surface area contributed by atoms with Crippen LogP contribution in [0.15, 0.2) is 12.2 Å². The van der Waals surface area contributed by atoms with Gasteiger partial charge in [0.1, 0.15) is 0 Å². The fourth-order valence-electron chi connectivity index (χ4n) is 11.7. The first-order valence-corrected chi connectivity index (χ1v) is 14.2. The molecule has 0 aromatic carbocycles. The Balaban J connectivity index is 1.56. The van der Waals surface area contributed by atoms with Gasteiger partial charge in [-0.25, -0.2) is 0 Å². The third kappa shape index (κ3) is 2.83. The van der Waals surface area contributed by atoms with Crippen molar-refractivity contribution in [2.24, 2.45) is 56.7 Å². The van der Waals surface area contributed by atoms with E-state index in [4.69, 9.17) is 4.74 Å². The second-order valence-corrected chi connectivity index (χ2v) is 14.7. The van der Waals surface area contributed by atoms with Crippen LogP contribution in [0.25, 0.3) is 0 Å². The number of hydrogen-bond donors (Lipinski definition) is 1. The van der Waals surface area contributed by atoms with E-state index in [1.54, 1.807) is 7.11 Å². The van der Waals surface area contributed by atoms with Crippen LogP contribution in [0.1, 0.15) is 106 Å². The number of allylic oxidation sites excluding steroid dienone is 1. The fraction of sp³-hybridized carbons (Fsp3) is 0.903. The van der Waals surface area contributed by atoms with Gasteiger partial charge in [0.2, 0.25) is 0 Å². The summed E-state index contributed by atoms with van der Waals surface area (Å²) in [6.07, 6.45) is 11.1. The van der Waals surface area contributed by atoms with Gasteiger partial charge in [0, 0.05) is 0 Å². The molecule has 5 aliphatic carbocycles. The molecule has 0 saturated heterocycles. The smallest absolute Gasteiger partial charge is 0.312 e. The predicted octanol–water partition coefficient (Wildman–Crippen LogP) is 7.18. The van der Waals surface area contributed by atoms with Gasteiger partial charge in [0.05, 0.1) is 18.6 Å². The quantitative estimate of drug-likeness (QED) is 0.343. The molecule has 0 aromatic heterocycles. The van der Waals surface area contributed by atoms with Crippen molar-refractivity contribution in [3.05, 3.63) is 12.2 Å². The normalized spacial score (nSPS) is 53.6. The molecule has 5 saturated carbocycles. The number of rotatable bonds is 2. The molecule has 0 radical (unpaired) electrons. The van der Waals surface area contributed by atoms with Crippen molar-refractivity contribution in [2.45, 2.75) is 112 Å². The number of aliphatic hydroxyl groups is 1. The van der Waals surface area contributed by atoms with Crippen LogP contribution in [0.5, 0.6) is 0 Å². The van der Waals surface area contributed by atoms with Crippen molar-refractivity contribution >= 4 is 5.97 Å². The van der Waals surface area contributed by atoms with E-state index in [1.807, 2.05) is 0 Å². The lowest BCUT2D eigenvalue weighted by molar-refractivity contribution is -0.248. The van der Waals surface area contributed by atoms with Gasteiger partial charge in [-0.1, -0.05) is 46.8 Å². The Morgan fingerprint density at radius 3 is 2.21 bits per heavy atom. The molecule has 0 unspecified atom stereocenters. The molecule has 0 aliphatic heterocycles. The Hall–Kier alpha value is -0.830. The minimum absolute atomic E-state index is 0.00478. The van der Waals surface area contributed by atoms with E-state index in [9.17, 15) is 9.90 Å². The van der Waals surface area contributed by atoms with Gasteiger partial charge in [0.25, 0.3) is 0 Å². The zero-order valence-corrected chi connectivity index (χ0v) is 23.0. The van der Waals surface area contributed by atoms with E-state index >= 15 is 0 Å². The first-order valence-electron chi connectivity index (χ1n) is 14.2. The Labute approximate surface area is 208 Å². The number of hydrogen-bond acceptors (Lipinski definition) is 3. The zero-order chi connectivity index (χ0) is 24.9. The highest BCUT2D eigenvalue weighted by Crippen LogP contribution is 2.77. The van der Waals surface area contributed by atoms with E-state index in [0.717, 1.165) is 38.5 Å². The molecule has 1 N–H and O–H groups in total. The molecular formula is C31H50O3. The Bertz CT molecular complexity index is 876. The van der Waals surface area contributed by atoms with Crippen molar-refractivity contribution in [1.29, 1.82) is 0 Å². The third-order valence-electron chi connectivity index (χ3n) is 13.6. The molecule has 192 valence electrons. The summed E-state index contributed by atoms with van der Waals surface area (Å²) in [4.78, 5) is 13.3. The molecule has 0 aromatic rings. The molecule has 0 heterocycles. The van der Waals surface area contributed by atoms with Gasteiger partial charge < -0.3 is 9.84 Å². The molecule has 10 atom stereocenters. The zero-order valence-electron chi connectivity index (χ0n) is 23.0. The van der Waals surface area contributed by atoms with Crippen LogP contribution < -0.4 is 0 Å². The van der Waals surface area contributed by atoms with Crippen molar-refractivity contribution < 1.29 is 14.6 Å². The lowest BCUT2D eigenvalue weighted by Crippen LogP contribution is -2.67. The third-order valence-corrected chi connectivity index (χ3v) is 13.6. The number of carbonyl (C=O) groups excluding carboxylic acids is 1. The maximum Gasteiger partial charge on any atom is 0.312 e. The van der Waals surface area contributed by atoms with Crippen LogP contribution in [0.4, 0.5) is 0 Å². The Kier molecular flexibility index (Phi) is 5.55. The average molecular weight is 471 g/mol. The monoisotopic (exact) mass is 470 g/mol. The van der Waals surface area contributed by atoms with E-state index in [2.05, 4.69) is 48.1 Å². The number of fused-ring (bicyclic) bond motifs is 7. The minimum atomic E-state index is -0.302. The van der Waals surface area contributed by atoms with Crippen molar-refractivity contribution in [1.82, 2.24) is 0 Å². The topological polar surface area (TPSA) is 46.5 Å². The van der Waals surface area contributed by atoms with Gasteiger partial charge >= 0.3 is 5.97 Å². The maximum absolute atomic E-state index is 13.3. The van der Waals surface area contributed by atoms with Crippen LogP contribution in [0.2, 0.25) is 0 Å². The number of ether oxygens (including phenoxy) is 1. The molecule has 0 bridgehead atoms. The molecular weight excluding hydrogens is 420 g/mol. The van der Waals surface area contributed by atoms with E-state index < -0.39 is 0 Å². The number of esters is 1. The van der Waals surface area contributed by atoms with Crippen LogP contribution in [-0.4, -0.2) is 24.3 Å². The minimum Gasteiger partial charge on any atom is -0.469 e. The summed E-state index contributed by atoms with van der Waals surface area (Å²) in [5, 5.41) is 10.9. The van der Waals surface area contributed by atoms with E-state index in [1.165, 1.54) is 31.3 Å².